The summed E-state index contributed by atoms with van der Waals surface area (Å²) in [6.07, 6.45) is 5.54. The monoisotopic (exact) mass is 538 g/mol. The average molecular weight is 539 g/mol. The van der Waals surface area contributed by atoms with Gasteiger partial charge in [0.2, 0.25) is 0 Å². The van der Waals surface area contributed by atoms with Gasteiger partial charge in [-0.3, -0.25) is 9.13 Å². The van der Waals surface area contributed by atoms with Gasteiger partial charge in [0.25, 0.3) is 0 Å². The van der Waals surface area contributed by atoms with Crippen molar-refractivity contribution in [2.75, 3.05) is 40.8 Å². The Balaban J connectivity index is 0.000000201. The summed E-state index contributed by atoms with van der Waals surface area (Å²) in [5.41, 5.74) is 3.50. The number of aromatic hydroxyl groups is 1. The Hall–Kier alpha value is -1.46. The minimum absolute atomic E-state index is 0.128. The molecule has 2 atom stereocenters. The topological polar surface area (TPSA) is 91.3 Å². The number of aryl methyl sites for hydroxylation is 1. The van der Waals surface area contributed by atoms with Crippen LogP contribution in [0.15, 0.2) is 48.5 Å². The van der Waals surface area contributed by atoms with E-state index in [1.54, 1.807) is 12.1 Å². The van der Waals surface area contributed by atoms with Crippen molar-refractivity contribution in [3.63, 3.8) is 0 Å². The van der Waals surface area contributed by atoms with Crippen LogP contribution in [0.5, 0.6) is 5.75 Å². The molecular formula is C27H40O7P2. The van der Waals surface area contributed by atoms with Gasteiger partial charge in [-0.2, -0.15) is 0 Å². The average Bonchev–Trinajstić information content (AvgIpc) is 3.80. The van der Waals surface area contributed by atoms with Crippen LogP contribution in [0.4, 0.5) is 0 Å². The number of benzene rings is 2. The standard InChI is InChI=1S/C14H21O3P.C13H19O4P/c1-11-5-4-6-13(9-11)14(12-7-8-12)10-18(15,16-2)17-3;1-16-18(15,17-2)9-13(10-6-7-10)11-4-3-5-12(14)8-11/h4-6,9,12,14H,7-8,10H2,1-3H3;3-5,8,10,13-14H,6-7,9H2,1-2H3. The van der Waals surface area contributed by atoms with Gasteiger partial charge in [-0.05, 0) is 79.5 Å². The second kappa shape index (κ2) is 12.9. The second-order valence-corrected chi connectivity index (χ2v) is 14.3. The van der Waals surface area contributed by atoms with E-state index in [2.05, 4.69) is 31.2 Å². The van der Waals surface area contributed by atoms with E-state index in [0.29, 0.717) is 24.2 Å². The van der Waals surface area contributed by atoms with E-state index >= 15 is 0 Å². The molecule has 7 nitrogen and oxygen atoms in total. The van der Waals surface area contributed by atoms with Crippen LogP contribution in [-0.4, -0.2) is 45.9 Å². The van der Waals surface area contributed by atoms with Crippen LogP contribution in [0.1, 0.15) is 54.2 Å². The highest BCUT2D eigenvalue weighted by Gasteiger charge is 2.39. The summed E-state index contributed by atoms with van der Waals surface area (Å²) in [5, 5.41) is 9.55. The second-order valence-electron chi connectivity index (χ2n) is 9.71. The first-order valence-corrected chi connectivity index (χ1v) is 15.9. The number of phenolic OH excluding ortho intramolecular Hbond substituents is 1. The summed E-state index contributed by atoms with van der Waals surface area (Å²) < 4.78 is 44.7. The number of hydrogen-bond acceptors (Lipinski definition) is 7. The first-order valence-electron chi connectivity index (χ1n) is 12.4. The van der Waals surface area contributed by atoms with Gasteiger partial charge < -0.3 is 23.2 Å². The SMILES string of the molecule is COP(=O)(CC(c1cccc(C)c1)C1CC1)OC.COP(=O)(CC(c1cccc(O)c1)C1CC1)OC. The van der Waals surface area contributed by atoms with E-state index in [0.717, 1.165) is 18.4 Å². The molecule has 0 amide bonds. The molecule has 0 heterocycles. The van der Waals surface area contributed by atoms with Gasteiger partial charge >= 0.3 is 15.2 Å². The molecule has 0 aromatic heterocycles. The molecule has 1 N–H and O–H groups in total. The van der Waals surface area contributed by atoms with Crippen molar-refractivity contribution in [2.24, 2.45) is 11.8 Å². The molecule has 2 aliphatic carbocycles. The lowest BCUT2D eigenvalue weighted by Gasteiger charge is -2.22. The third-order valence-corrected chi connectivity index (χ3v) is 11.0. The predicted octanol–water partition coefficient (Wildman–Crippen LogP) is 7.35. The van der Waals surface area contributed by atoms with Crippen LogP contribution >= 0.6 is 15.2 Å². The van der Waals surface area contributed by atoms with Crippen LogP contribution in [0.25, 0.3) is 0 Å². The molecule has 2 saturated carbocycles. The Morgan fingerprint density at radius 2 is 1.17 bits per heavy atom. The number of phenols is 1. The van der Waals surface area contributed by atoms with Crippen LogP contribution in [0.2, 0.25) is 0 Å². The van der Waals surface area contributed by atoms with Crippen molar-refractivity contribution >= 4 is 15.2 Å². The Kier molecular flexibility index (Phi) is 10.4. The highest BCUT2D eigenvalue weighted by atomic mass is 31.2. The maximum atomic E-state index is 12.3. The fourth-order valence-electron chi connectivity index (χ4n) is 4.64. The van der Waals surface area contributed by atoms with Gasteiger partial charge in [-0.1, -0.05) is 42.0 Å². The zero-order chi connectivity index (χ0) is 26.3. The van der Waals surface area contributed by atoms with Crippen molar-refractivity contribution in [3.05, 3.63) is 65.2 Å². The quantitative estimate of drug-likeness (QED) is 0.283. The summed E-state index contributed by atoms with van der Waals surface area (Å²) in [4.78, 5) is 0. The van der Waals surface area contributed by atoms with E-state index in [9.17, 15) is 14.2 Å². The van der Waals surface area contributed by atoms with E-state index < -0.39 is 15.2 Å². The summed E-state index contributed by atoms with van der Waals surface area (Å²) in [7, 11) is -0.193. The third kappa shape index (κ3) is 8.28. The zero-order valence-electron chi connectivity index (χ0n) is 22.0. The molecule has 0 saturated heterocycles. The normalized spacial score (nSPS) is 17.7. The van der Waals surface area contributed by atoms with Crippen LogP contribution in [0.3, 0.4) is 0 Å². The molecule has 2 aliphatic rings. The van der Waals surface area contributed by atoms with Gasteiger partial charge in [0.1, 0.15) is 5.75 Å². The lowest BCUT2D eigenvalue weighted by molar-refractivity contribution is 0.271. The summed E-state index contributed by atoms with van der Waals surface area (Å²) in [6, 6.07) is 15.6. The van der Waals surface area contributed by atoms with Crippen LogP contribution < -0.4 is 0 Å². The summed E-state index contributed by atoms with van der Waals surface area (Å²) in [6.45, 7) is 2.08. The molecule has 2 aromatic rings. The van der Waals surface area contributed by atoms with Gasteiger partial charge in [-0.15, -0.1) is 0 Å². The smallest absolute Gasteiger partial charge is 0.330 e. The van der Waals surface area contributed by atoms with Gasteiger partial charge in [0, 0.05) is 28.4 Å². The fourth-order valence-corrected chi connectivity index (χ4v) is 7.51. The van der Waals surface area contributed by atoms with Crippen molar-refractivity contribution in [3.8, 4) is 5.75 Å². The highest BCUT2D eigenvalue weighted by molar-refractivity contribution is 7.54. The largest absolute Gasteiger partial charge is 0.508 e. The van der Waals surface area contributed by atoms with E-state index in [-0.39, 0.29) is 17.6 Å². The zero-order valence-corrected chi connectivity index (χ0v) is 23.8. The summed E-state index contributed by atoms with van der Waals surface area (Å²) in [5.74, 6) is 1.80. The van der Waals surface area contributed by atoms with Gasteiger partial charge in [0.05, 0.1) is 12.3 Å². The van der Waals surface area contributed by atoms with Crippen LogP contribution in [-0.2, 0) is 27.2 Å². The van der Waals surface area contributed by atoms with Gasteiger partial charge in [-0.25, -0.2) is 0 Å². The lowest BCUT2D eigenvalue weighted by atomic mass is 9.95. The Labute approximate surface area is 215 Å². The minimum Gasteiger partial charge on any atom is -0.508 e. The molecule has 9 heteroatoms. The molecule has 0 spiro atoms. The first kappa shape index (κ1) is 29.1. The summed E-state index contributed by atoms with van der Waals surface area (Å²) >= 11 is 0. The fraction of sp³-hybridized carbons (Fsp3) is 0.556. The third-order valence-electron chi connectivity index (χ3n) is 7.10. The molecule has 0 aliphatic heterocycles. The van der Waals surface area contributed by atoms with E-state index in [1.165, 1.54) is 52.4 Å². The highest BCUT2D eigenvalue weighted by Crippen LogP contribution is 2.56. The molecule has 36 heavy (non-hydrogen) atoms. The molecule has 2 fully saturated rings. The molecule has 0 bridgehead atoms. The number of rotatable bonds is 12. The molecule has 4 rings (SSSR count). The lowest BCUT2D eigenvalue weighted by Crippen LogP contribution is -2.09. The number of hydrogen-bond donors (Lipinski definition) is 1. The van der Waals surface area contributed by atoms with E-state index in [1.807, 2.05) is 12.1 Å². The Bertz CT molecular complexity index is 980. The van der Waals surface area contributed by atoms with Crippen molar-refractivity contribution in [2.45, 2.75) is 44.4 Å². The van der Waals surface area contributed by atoms with Gasteiger partial charge in [0.15, 0.2) is 0 Å². The minimum atomic E-state index is -3.01. The first-order chi connectivity index (χ1) is 17.2. The van der Waals surface area contributed by atoms with Crippen molar-refractivity contribution in [1.29, 1.82) is 0 Å². The molecular weight excluding hydrogens is 498 g/mol. The van der Waals surface area contributed by atoms with E-state index in [4.69, 9.17) is 18.1 Å². The Morgan fingerprint density at radius 3 is 1.53 bits per heavy atom. The predicted molar refractivity (Wildman–Crippen MR) is 143 cm³/mol. The molecule has 200 valence electrons. The maximum absolute atomic E-state index is 12.3. The molecule has 0 radical (unpaired) electrons. The molecule has 2 aromatic carbocycles. The maximum Gasteiger partial charge on any atom is 0.330 e. The van der Waals surface area contributed by atoms with Crippen molar-refractivity contribution in [1.82, 2.24) is 0 Å². The Morgan fingerprint density at radius 1 is 0.750 bits per heavy atom. The molecule has 2 unspecified atom stereocenters. The van der Waals surface area contributed by atoms with Crippen molar-refractivity contribution < 1.29 is 32.3 Å². The van der Waals surface area contributed by atoms with Crippen LogP contribution in [0, 0.1) is 18.8 Å².